The first kappa shape index (κ1) is 14.5. The van der Waals surface area contributed by atoms with Crippen molar-refractivity contribution in [3.8, 4) is 0 Å². The first-order valence-electron chi connectivity index (χ1n) is 5.81. The monoisotopic (exact) mass is 342 g/mol. The summed E-state index contributed by atoms with van der Waals surface area (Å²) in [6.07, 6.45) is 0.179. The molecule has 4 heteroatoms. The van der Waals surface area contributed by atoms with Crippen LogP contribution in [0.4, 0.5) is 4.39 Å². The van der Waals surface area contributed by atoms with Crippen LogP contribution in [0.15, 0.2) is 46.9 Å². The molecule has 0 aliphatic carbocycles. The van der Waals surface area contributed by atoms with E-state index in [0.717, 1.165) is 10.0 Å². The van der Waals surface area contributed by atoms with Crippen LogP contribution in [0.1, 0.15) is 18.1 Å². The van der Waals surface area contributed by atoms with Gasteiger partial charge in [0.2, 0.25) is 0 Å². The Balaban J connectivity index is 2.33. The highest BCUT2D eigenvalue weighted by molar-refractivity contribution is 9.10. The van der Waals surface area contributed by atoms with E-state index < -0.39 is 11.4 Å². The number of aliphatic hydroxyl groups is 1. The van der Waals surface area contributed by atoms with E-state index in [2.05, 4.69) is 15.9 Å². The van der Waals surface area contributed by atoms with Crippen LogP contribution >= 0.6 is 27.5 Å². The smallest absolute Gasteiger partial charge is 0.127 e. The van der Waals surface area contributed by atoms with Gasteiger partial charge in [-0.15, -0.1) is 0 Å². The molecule has 0 amide bonds. The second-order valence-electron chi connectivity index (χ2n) is 4.67. The number of benzene rings is 2. The predicted molar refractivity (Wildman–Crippen MR) is 78.8 cm³/mol. The zero-order valence-corrected chi connectivity index (χ0v) is 12.7. The number of hydrogen-bond acceptors (Lipinski definition) is 1. The van der Waals surface area contributed by atoms with Crippen molar-refractivity contribution in [2.24, 2.45) is 0 Å². The van der Waals surface area contributed by atoms with E-state index in [4.69, 9.17) is 11.6 Å². The van der Waals surface area contributed by atoms with Gasteiger partial charge in [-0.05, 0) is 36.2 Å². The average Bonchev–Trinajstić information content (AvgIpc) is 2.33. The largest absolute Gasteiger partial charge is 0.385 e. The van der Waals surface area contributed by atoms with E-state index in [1.165, 1.54) is 6.07 Å². The van der Waals surface area contributed by atoms with Gasteiger partial charge < -0.3 is 5.11 Å². The Morgan fingerprint density at radius 2 is 1.95 bits per heavy atom. The molecule has 0 aromatic heterocycles. The van der Waals surface area contributed by atoms with Gasteiger partial charge in [-0.2, -0.15) is 0 Å². The molecule has 0 heterocycles. The Bertz CT molecular complexity index is 598. The van der Waals surface area contributed by atoms with Crippen molar-refractivity contribution in [2.45, 2.75) is 18.9 Å². The summed E-state index contributed by atoms with van der Waals surface area (Å²) in [5.74, 6) is -0.403. The van der Waals surface area contributed by atoms with E-state index in [1.807, 2.05) is 24.3 Å². The summed E-state index contributed by atoms with van der Waals surface area (Å²) in [4.78, 5) is 0. The third-order valence-electron chi connectivity index (χ3n) is 3.00. The molecule has 0 fully saturated rings. The van der Waals surface area contributed by atoms with Crippen LogP contribution in [0, 0.1) is 5.82 Å². The van der Waals surface area contributed by atoms with Crippen LogP contribution in [0.2, 0.25) is 5.02 Å². The molecular formula is C15H13BrClFO. The lowest BCUT2D eigenvalue weighted by atomic mass is 9.89. The van der Waals surface area contributed by atoms with Crippen molar-refractivity contribution in [2.75, 3.05) is 0 Å². The molecule has 0 saturated heterocycles. The third kappa shape index (κ3) is 3.35. The highest BCUT2D eigenvalue weighted by Crippen LogP contribution is 2.32. The van der Waals surface area contributed by atoms with Crippen LogP contribution in [0.25, 0.3) is 0 Å². The van der Waals surface area contributed by atoms with Gasteiger partial charge in [0, 0.05) is 15.9 Å². The first-order chi connectivity index (χ1) is 8.90. The lowest BCUT2D eigenvalue weighted by molar-refractivity contribution is 0.0559. The lowest BCUT2D eigenvalue weighted by Gasteiger charge is -2.25. The van der Waals surface area contributed by atoms with E-state index >= 15 is 0 Å². The third-order valence-corrected chi connectivity index (χ3v) is 3.93. The standard InChI is InChI=1S/C15H13BrClFO/c1-15(19,12-4-2-3-5-13(12)16)9-10-6-7-11(17)8-14(10)18/h2-8,19H,9H2,1H3. The first-order valence-corrected chi connectivity index (χ1v) is 6.98. The molecular weight excluding hydrogens is 331 g/mol. The molecule has 1 atom stereocenters. The Morgan fingerprint density at radius 1 is 1.26 bits per heavy atom. The molecule has 2 aromatic rings. The van der Waals surface area contributed by atoms with Gasteiger partial charge in [0.25, 0.3) is 0 Å². The van der Waals surface area contributed by atoms with Crippen LogP contribution in [0.5, 0.6) is 0 Å². The van der Waals surface area contributed by atoms with E-state index in [-0.39, 0.29) is 6.42 Å². The summed E-state index contributed by atoms with van der Waals surface area (Å²) < 4.78 is 14.6. The van der Waals surface area contributed by atoms with Crippen LogP contribution in [-0.4, -0.2) is 5.11 Å². The summed E-state index contributed by atoms with van der Waals surface area (Å²) in [7, 11) is 0. The molecule has 0 radical (unpaired) electrons. The van der Waals surface area contributed by atoms with Crippen molar-refractivity contribution in [3.63, 3.8) is 0 Å². The molecule has 1 nitrogen and oxygen atoms in total. The minimum atomic E-state index is -1.16. The Labute approximate surface area is 125 Å². The fourth-order valence-corrected chi connectivity index (χ4v) is 2.90. The maximum Gasteiger partial charge on any atom is 0.127 e. The summed E-state index contributed by atoms with van der Waals surface area (Å²) in [6, 6.07) is 11.9. The topological polar surface area (TPSA) is 20.2 Å². The SMILES string of the molecule is CC(O)(Cc1ccc(Cl)cc1F)c1ccccc1Br. The van der Waals surface area contributed by atoms with Crippen molar-refractivity contribution >= 4 is 27.5 Å². The van der Waals surface area contributed by atoms with Gasteiger partial charge >= 0.3 is 0 Å². The van der Waals surface area contributed by atoms with Gasteiger partial charge in [-0.1, -0.05) is 51.8 Å². The number of hydrogen-bond donors (Lipinski definition) is 1. The van der Waals surface area contributed by atoms with Crippen molar-refractivity contribution in [3.05, 3.63) is 68.9 Å². The molecule has 0 aliphatic rings. The summed E-state index contributed by atoms with van der Waals surface area (Å²) in [6.45, 7) is 1.67. The highest BCUT2D eigenvalue weighted by atomic mass is 79.9. The molecule has 0 saturated carbocycles. The van der Waals surface area contributed by atoms with E-state index in [1.54, 1.807) is 19.1 Å². The fourth-order valence-electron chi connectivity index (χ4n) is 2.03. The van der Waals surface area contributed by atoms with Crippen LogP contribution in [0.3, 0.4) is 0 Å². The number of halogens is 3. The van der Waals surface area contributed by atoms with E-state index in [0.29, 0.717) is 10.6 Å². The summed E-state index contributed by atoms with van der Waals surface area (Å²) in [5.41, 5.74) is 0.00360. The van der Waals surface area contributed by atoms with E-state index in [9.17, 15) is 9.50 Å². The minimum Gasteiger partial charge on any atom is -0.385 e. The summed E-state index contributed by atoms with van der Waals surface area (Å²) >= 11 is 9.12. The zero-order valence-electron chi connectivity index (χ0n) is 10.3. The highest BCUT2D eigenvalue weighted by Gasteiger charge is 2.26. The van der Waals surface area contributed by atoms with Crippen molar-refractivity contribution in [1.82, 2.24) is 0 Å². The van der Waals surface area contributed by atoms with Gasteiger partial charge in [0.15, 0.2) is 0 Å². The lowest BCUT2D eigenvalue weighted by Crippen LogP contribution is -2.25. The molecule has 0 aliphatic heterocycles. The molecule has 100 valence electrons. The normalized spacial score (nSPS) is 14.2. The summed E-state index contributed by atoms with van der Waals surface area (Å²) in [5, 5.41) is 10.9. The molecule has 2 rings (SSSR count). The number of rotatable bonds is 3. The predicted octanol–water partition coefficient (Wildman–Crippen LogP) is 4.69. The van der Waals surface area contributed by atoms with Gasteiger partial charge in [0.05, 0.1) is 5.60 Å². The molecule has 2 aromatic carbocycles. The quantitative estimate of drug-likeness (QED) is 0.857. The van der Waals surface area contributed by atoms with Gasteiger partial charge in [-0.25, -0.2) is 4.39 Å². The molecule has 19 heavy (non-hydrogen) atoms. The maximum absolute atomic E-state index is 13.8. The van der Waals surface area contributed by atoms with Crippen LogP contribution in [-0.2, 0) is 12.0 Å². The van der Waals surface area contributed by atoms with Gasteiger partial charge in [-0.3, -0.25) is 0 Å². The maximum atomic E-state index is 13.8. The zero-order chi connectivity index (χ0) is 14.0. The minimum absolute atomic E-state index is 0.179. The Kier molecular flexibility index (Phi) is 4.29. The van der Waals surface area contributed by atoms with Gasteiger partial charge in [0.1, 0.15) is 5.82 Å². The fraction of sp³-hybridized carbons (Fsp3) is 0.200. The van der Waals surface area contributed by atoms with Crippen LogP contribution < -0.4 is 0 Å². The second-order valence-corrected chi connectivity index (χ2v) is 5.96. The van der Waals surface area contributed by atoms with Crippen molar-refractivity contribution in [1.29, 1.82) is 0 Å². The molecule has 1 unspecified atom stereocenters. The van der Waals surface area contributed by atoms with Crippen molar-refractivity contribution < 1.29 is 9.50 Å². The molecule has 0 spiro atoms. The second kappa shape index (κ2) is 5.61. The average molecular weight is 344 g/mol. The molecule has 1 N–H and O–H groups in total. The molecule has 0 bridgehead atoms. The Hall–Kier alpha value is -0.900. The Morgan fingerprint density at radius 3 is 2.58 bits per heavy atom.